The van der Waals surface area contributed by atoms with Gasteiger partial charge in [-0.15, -0.1) is 10.2 Å². The van der Waals surface area contributed by atoms with Crippen molar-refractivity contribution in [3.8, 4) is 0 Å². The fraction of sp³-hybridized carbons (Fsp3) is 0.375. The molecule has 0 atom stereocenters. The molecule has 0 unspecified atom stereocenters. The Morgan fingerprint density at radius 3 is 2.88 bits per heavy atom. The number of nitrogens with zero attached hydrogens (tertiary/aromatic N) is 3. The van der Waals surface area contributed by atoms with E-state index in [1.165, 1.54) is 29.3 Å². The van der Waals surface area contributed by atoms with Crippen LogP contribution < -0.4 is 10.9 Å². The predicted octanol–water partition coefficient (Wildman–Crippen LogP) is 3.21. The summed E-state index contributed by atoms with van der Waals surface area (Å²) in [5, 5.41) is 13.2. The number of anilines is 1. The van der Waals surface area contributed by atoms with Gasteiger partial charge in [0.15, 0.2) is 0 Å². The number of benzene rings is 1. The van der Waals surface area contributed by atoms with Gasteiger partial charge in [0.2, 0.25) is 11.0 Å². The first-order valence-corrected chi connectivity index (χ1v) is 9.52. The van der Waals surface area contributed by atoms with Crippen LogP contribution in [-0.4, -0.2) is 20.1 Å². The minimum Gasteiger partial charge on any atom is -0.300 e. The average molecular weight is 360 g/mol. The summed E-state index contributed by atoms with van der Waals surface area (Å²) in [6.07, 6.45) is 3.82. The van der Waals surface area contributed by atoms with E-state index < -0.39 is 0 Å². The van der Waals surface area contributed by atoms with Crippen LogP contribution in [0.5, 0.6) is 0 Å². The monoisotopic (exact) mass is 360 g/mol. The van der Waals surface area contributed by atoms with E-state index in [4.69, 9.17) is 0 Å². The van der Waals surface area contributed by atoms with Gasteiger partial charge in [-0.1, -0.05) is 41.4 Å². The summed E-state index contributed by atoms with van der Waals surface area (Å²) < 4.78 is 2.57. The van der Waals surface area contributed by atoms with Gasteiger partial charge in [0.25, 0.3) is 5.56 Å². The summed E-state index contributed by atoms with van der Waals surface area (Å²) in [4.78, 5) is 24.3. The second kappa shape index (κ2) is 6.45. The fourth-order valence-electron chi connectivity index (χ4n) is 2.65. The van der Waals surface area contributed by atoms with E-state index >= 15 is 0 Å². The van der Waals surface area contributed by atoms with Gasteiger partial charge >= 0.3 is 0 Å². The van der Waals surface area contributed by atoms with E-state index in [1.54, 1.807) is 3.96 Å². The standard InChI is InChI=1S/C16H16N4O2S2/c21-13(17-16-19-18-14(23-16)10-4-3-5-10)8-9-20-15(22)11-6-1-2-7-12(11)24-20/h1-2,6-7,10H,3-5,8-9H2,(H,17,19,21). The van der Waals surface area contributed by atoms with Gasteiger partial charge in [0.05, 0.1) is 10.1 Å². The number of hydrogen-bond donors (Lipinski definition) is 1. The molecule has 1 aromatic carbocycles. The summed E-state index contributed by atoms with van der Waals surface area (Å²) in [6.45, 7) is 0.373. The second-order valence-electron chi connectivity index (χ2n) is 5.87. The number of aryl methyl sites for hydroxylation is 1. The number of fused-ring (bicyclic) bond motifs is 1. The van der Waals surface area contributed by atoms with E-state index in [2.05, 4.69) is 15.5 Å². The molecular formula is C16H16N4O2S2. The minimum absolute atomic E-state index is 0.0356. The molecule has 1 fully saturated rings. The maximum absolute atomic E-state index is 12.2. The third-order valence-corrected chi connectivity index (χ3v) is 6.36. The summed E-state index contributed by atoms with van der Waals surface area (Å²) >= 11 is 2.84. The quantitative estimate of drug-likeness (QED) is 0.758. The zero-order valence-electron chi connectivity index (χ0n) is 12.9. The summed E-state index contributed by atoms with van der Waals surface area (Å²) in [5.74, 6) is 0.376. The van der Waals surface area contributed by atoms with Crippen molar-refractivity contribution in [1.82, 2.24) is 14.2 Å². The van der Waals surface area contributed by atoms with Crippen LogP contribution in [-0.2, 0) is 11.3 Å². The van der Waals surface area contributed by atoms with Crippen LogP contribution in [0, 0.1) is 0 Å². The van der Waals surface area contributed by atoms with Gasteiger partial charge in [-0.05, 0) is 25.0 Å². The van der Waals surface area contributed by atoms with Crippen LogP contribution >= 0.6 is 22.9 Å². The molecule has 0 radical (unpaired) electrons. The Morgan fingerprint density at radius 2 is 2.12 bits per heavy atom. The smallest absolute Gasteiger partial charge is 0.268 e. The molecule has 1 aliphatic rings. The second-order valence-corrected chi connectivity index (χ2v) is 7.94. The topological polar surface area (TPSA) is 76.9 Å². The summed E-state index contributed by atoms with van der Waals surface area (Å²) in [5.41, 5.74) is -0.0356. The highest BCUT2D eigenvalue weighted by Gasteiger charge is 2.23. The van der Waals surface area contributed by atoms with Gasteiger partial charge < -0.3 is 5.32 Å². The third-order valence-electron chi connectivity index (χ3n) is 4.24. The van der Waals surface area contributed by atoms with Gasteiger partial charge in [0.1, 0.15) is 5.01 Å². The number of carbonyl (C=O) groups is 1. The van der Waals surface area contributed by atoms with Crippen molar-refractivity contribution in [1.29, 1.82) is 0 Å². The molecule has 1 aliphatic carbocycles. The Kier molecular flexibility index (Phi) is 4.15. The van der Waals surface area contributed by atoms with E-state index in [0.29, 0.717) is 23.0 Å². The molecule has 0 saturated heterocycles. The van der Waals surface area contributed by atoms with Crippen molar-refractivity contribution in [2.24, 2.45) is 0 Å². The molecule has 0 aliphatic heterocycles. The molecule has 1 amide bonds. The normalized spacial score (nSPS) is 14.7. The van der Waals surface area contributed by atoms with Crippen molar-refractivity contribution in [3.05, 3.63) is 39.6 Å². The molecule has 2 heterocycles. The molecule has 0 spiro atoms. The molecule has 124 valence electrons. The van der Waals surface area contributed by atoms with Gasteiger partial charge in [-0.2, -0.15) is 0 Å². The van der Waals surface area contributed by atoms with Crippen molar-refractivity contribution in [2.75, 3.05) is 5.32 Å². The van der Waals surface area contributed by atoms with Crippen molar-refractivity contribution < 1.29 is 4.79 Å². The zero-order chi connectivity index (χ0) is 16.5. The highest BCUT2D eigenvalue weighted by Crippen LogP contribution is 2.38. The summed E-state index contributed by atoms with van der Waals surface area (Å²) in [6, 6.07) is 7.49. The fourth-order valence-corrected chi connectivity index (χ4v) is 4.58. The molecular weight excluding hydrogens is 344 g/mol. The lowest BCUT2D eigenvalue weighted by molar-refractivity contribution is -0.116. The van der Waals surface area contributed by atoms with Gasteiger partial charge in [0, 0.05) is 18.9 Å². The third kappa shape index (κ3) is 2.99. The molecule has 4 rings (SSSR count). The molecule has 6 nitrogen and oxygen atoms in total. The Balaban J connectivity index is 1.38. The number of rotatable bonds is 5. The number of amides is 1. The van der Waals surface area contributed by atoms with Crippen molar-refractivity contribution in [2.45, 2.75) is 38.1 Å². The van der Waals surface area contributed by atoms with Crippen LogP contribution in [0.1, 0.15) is 36.6 Å². The van der Waals surface area contributed by atoms with Crippen LogP contribution in [0.2, 0.25) is 0 Å². The number of aromatic nitrogens is 3. The highest BCUT2D eigenvalue weighted by atomic mass is 32.1. The maximum Gasteiger partial charge on any atom is 0.268 e. The SMILES string of the molecule is O=C(CCn1sc2ccccc2c1=O)Nc1nnc(C2CCC2)s1. The average Bonchev–Trinajstić information content (AvgIpc) is 3.09. The maximum atomic E-state index is 12.2. The first-order valence-electron chi connectivity index (χ1n) is 7.93. The van der Waals surface area contributed by atoms with E-state index in [-0.39, 0.29) is 17.9 Å². The van der Waals surface area contributed by atoms with Crippen LogP contribution in [0.3, 0.4) is 0 Å². The lowest BCUT2D eigenvalue weighted by Crippen LogP contribution is -2.18. The molecule has 1 saturated carbocycles. The molecule has 2 aromatic heterocycles. The Labute approximate surface area is 146 Å². The Hall–Kier alpha value is -2.06. The highest BCUT2D eigenvalue weighted by molar-refractivity contribution is 7.15. The van der Waals surface area contributed by atoms with Crippen LogP contribution in [0.25, 0.3) is 10.1 Å². The molecule has 3 aromatic rings. The molecule has 24 heavy (non-hydrogen) atoms. The van der Waals surface area contributed by atoms with Crippen LogP contribution in [0.4, 0.5) is 5.13 Å². The van der Waals surface area contributed by atoms with Gasteiger partial charge in [-0.25, -0.2) is 0 Å². The van der Waals surface area contributed by atoms with E-state index in [0.717, 1.165) is 22.5 Å². The predicted molar refractivity (Wildman–Crippen MR) is 95.8 cm³/mol. The zero-order valence-corrected chi connectivity index (χ0v) is 14.5. The largest absolute Gasteiger partial charge is 0.300 e. The molecule has 8 heteroatoms. The Bertz CT molecular complexity index is 939. The van der Waals surface area contributed by atoms with E-state index in [9.17, 15) is 9.59 Å². The van der Waals surface area contributed by atoms with Crippen molar-refractivity contribution in [3.63, 3.8) is 0 Å². The Morgan fingerprint density at radius 1 is 1.29 bits per heavy atom. The first-order chi connectivity index (χ1) is 11.7. The summed E-state index contributed by atoms with van der Waals surface area (Å²) in [7, 11) is 0. The molecule has 0 bridgehead atoms. The lowest BCUT2D eigenvalue weighted by Gasteiger charge is -2.21. The first kappa shape index (κ1) is 15.5. The lowest BCUT2D eigenvalue weighted by atomic mass is 9.86. The number of hydrogen-bond acceptors (Lipinski definition) is 6. The molecule has 1 N–H and O–H groups in total. The minimum atomic E-state index is -0.143. The van der Waals surface area contributed by atoms with Crippen molar-refractivity contribution >= 4 is 44.0 Å². The number of nitrogens with one attached hydrogen (secondary N) is 1. The van der Waals surface area contributed by atoms with Crippen LogP contribution in [0.15, 0.2) is 29.1 Å². The van der Waals surface area contributed by atoms with E-state index in [1.807, 2.05) is 24.3 Å². The number of carbonyl (C=O) groups excluding carboxylic acids is 1. The van der Waals surface area contributed by atoms with Gasteiger partial charge in [-0.3, -0.25) is 13.5 Å².